The molecule has 0 aromatic rings. The third-order valence-corrected chi connectivity index (χ3v) is 2.59. The maximum Gasteiger partial charge on any atom is 0.189 e. The van der Waals surface area contributed by atoms with E-state index in [2.05, 4.69) is 17.2 Å². The quantitative estimate of drug-likeness (QED) is 0.473. The molecule has 12 heavy (non-hydrogen) atoms. The molecule has 3 N–H and O–H groups in total. The summed E-state index contributed by atoms with van der Waals surface area (Å²) in [4.78, 5) is 4.32. The summed E-state index contributed by atoms with van der Waals surface area (Å²) in [5.41, 5.74) is 5.71. The molecule has 0 amide bonds. The average molecular weight is 167 g/mol. The second kappa shape index (κ2) is 2.96. The van der Waals surface area contributed by atoms with Crippen LogP contribution < -0.4 is 11.1 Å². The molecule has 0 unspecified atom stereocenters. The topological polar surface area (TPSA) is 50.4 Å². The van der Waals surface area contributed by atoms with Crippen LogP contribution in [0.5, 0.6) is 0 Å². The lowest BCUT2D eigenvalue weighted by Crippen LogP contribution is -2.46. The van der Waals surface area contributed by atoms with E-state index in [0.29, 0.717) is 18.0 Å². The molecule has 0 atom stereocenters. The average Bonchev–Trinajstić information content (AvgIpc) is 2.68. The molecular weight excluding hydrogens is 150 g/mol. The van der Waals surface area contributed by atoms with Gasteiger partial charge in [0.05, 0.1) is 6.04 Å². The fourth-order valence-electron chi connectivity index (χ4n) is 1.67. The molecule has 2 aliphatic carbocycles. The van der Waals surface area contributed by atoms with Gasteiger partial charge in [0.25, 0.3) is 0 Å². The molecule has 2 rings (SSSR count). The second-order valence-electron chi connectivity index (χ2n) is 4.16. The highest BCUT2D eigenvalue weighted by atomic mass is 15.1. The number of aliphatic imine (C=N–C) groups is 1. The van der Waals surface area contributed by atoms with Crippen LogP contribution in [0.3, 0.4) is 0 Å². The van der Waals surface area contributed by atoms with Gasteiger partial charge in [-0.25, -0.2) is 0 Å². The van der Waals surface area contributed by atoms with Crippen molar-refractivity contribution in [2.45, 2.75) is 44.7 Å². The van der Waals surface area contributed by atoms with E-state index < -0.39 is 0 Å². The van der Waals surface area contributed by atoms with Gasteiger partial charge in [0.2, 0.25) is 0 Å². The number of rotatable bonds is 2. The van der Waals surface area contributed by atoms with Crippen LogP contribution >= 0.6 is 0 Å². The molecule has 0 bridgehead atoms. The van der Waals surface area contributed by atoms with Crippen molar-refractivity contribution < 1.29 is 0 Å². The lowest BCUT2D eigenvalue weighted by molar-refractivity contribution is 0.267. The molecule has 0 aliphatic heterocycles. The number of nitrogens with zero attached hydrogens (tertiary/aromatic N) is 1. The van der Waals surface area contributed by atoms with Crippen molar-refractivity contribution in [2.75, 3.05) is 0 Å². The lowest BCUT2D eigenvalue weighted by Gasteiger charge is -2.33. The van der Waals surface area contributed by atoms with Gasteiger partial charge in [-0.05, 0) is 31.6 Å². The SMILES string of the molecule is CC1CC(NC(N)=NC2CC2)C1. The first-order valence-corrected chi connectivity index (χ1v) is 4.84. The highest BCUT2D eigenvalue weighted by Crippen LogP contribution is 2.26. The largest absolute Gasteiger partial charge is 0.370 e. The lowest BCUT2D eigenvalue weighted by atomic mass is 9.82. The number of hydrogen-bond acceptors (Lipinski definition) is 1. The van der Waals surface area contributed by atoms with Crippen molar-refractivity contribution >= 4 is 5.96 Å². The first kappa shape index (κ1) is 7.90. The van der Waals surface area contributed by atoms with E-state index in [1.54, 1.807) is 0 Å². The Morgan fingerprint density at radius 3 is 2.58 bits per heavy atom. The Morgan fingerprint density at radius 2 is 2.08 bits per heavy atom. The van der Waals surface area contributed by atoms with E-state index >= 15 is 0 Å². The van der Waals surface area contributed by atoms with Crippen molar-refractivity contribution in [1.29, 1.82) is 0 Å². The van der Waals surface area contributed by atoms with Crippen LogP contribution in [-0.2, 0) is 0 Å². The van der Waals surface area contributed by atoms with Gasteiger partial charge in [0.15, 0.2) is 5.96 Å². The molecule has 68 valence electrons. The zero-order chi connectivity index (χ0) is 8.55. The van der Waals surface area contributed by atoms with Crippen LogP contribution in [0.4, 0.5) is 0 Å². The summed E-state index contributed by atoms with van der Waals surface area (Å²) in [7, 11) is 0. The summed E-state index contributed by atoms with van der Waals surface area (Å²) >= 11 is 0. The standard InChI is InChI=1S/C9H17N3/c1-6-4-8(5-6)12-9(10)11-7-2-3-7/h6-8H,2-5H2,1H3,(H3,10,11,12). The first-order chi connectivity index (χ1) is 5.74. The number of nitrogens with two attached hydrogens (primary N) is 1. The van der Waals surface area contributed by atoms with Gasteiger partial charge in [0, 0.05) is 6.04 Å². The maximum atomic E-state index is 5.71. The summed E-state index contributed by atoms with van der Waals surface area (Å²) in [6, 6.07) is 1.14. The van der Waals surface area contributed by atoms with Gasteiger partial charge in [-0.1, -0.05) is 6.92 Å². The van der Waals surface area contributed by atoms with E-state index in [-0.39, 0.29) is 0 Å². The number of nitrogens with one attached hydrogen (secondary N) is 1. The summed E-state index contributed by atoms with van der Waals surface area (Å²) in [6.45, 7) is 2.27. The van der Waals surface area contributed by atoms with E-state index in [4.69, 9.17) is 5.73 Å². The highest BCUT2D eigenvalue weighted by molar-refractivity contribution is 5.78. The maximum absolute atomic E-state index is 5.71. The normalized spacial score (nSPS) is 35.9. The van der Waals surface area contributed by atoms with Crippen molar-refractivity contribution in [3.8, 4) is 0 Å². The summed E-state index contributed by atoms with van der Waals surface area (Å²) in [5, 5.41) is 3.25. The number of guanidine groups is 1. The van der Waals surface area contributed by atoms with Crippen molar-refractivity contribution in [3.05, 3.63) is 0 Å². The molecule has 2 aliphatic rings. The van der Waals surface area contributed by atoms with E-state index in [1.807, 2.05) is 0 Å². The molecule has 0 heterocycles. The molecule has 0 saturated heterocycles. The molecule has 0 spiro atoms. The zero-order valence-electron chi connectivity index (χ0n) is 7.59. The second-order valence-corrected chi connectivity index (χ2v) is 4.16. The Bertz CT molecular complexity index is 190. The van der Waals surface area contributed by atoms with Crippen molar-refractivity contribution in [3.63, 3.8) is 0 Å². The summed E-state index contributed by atoms with van der Waals surface area (Å²) in [5.74, 6) is 1.53. The Labute approximate surface area is 73.4 Å². The summed E-state index contributed by atoms with van der Waals surface area (Å²) < 4.78 is 0. The Balaban J connectivity index is 1.71. The molecule has 3 heteroatoms. The third kappa shape index (κ3) is 1.90. The molecular formula is C9H17N3. The zero-order valence-corrected chi connectivity index (χ0v) is 7.59. The van der Waals surface area contributed by atoms with E-state index in [9.17, 15) is 0 Å². The highest BCUT2D eigenvalue weighted by Gasteiger charge is 2.26. The van der Waals surface area contributed by atoms with Crippen LogP contribution in [0.1, 0.15) is 32.6 Å². The minimum absolute atomic E-state index is 0.537. The van der Waals surface area contributed by atoms with Gasteiger partial charge in [-0.2, -0.15) is 0 Å². The fourth-order valence-corrected chi connectivity index (χ4v) is 1.67. The molecule has 2 saturated carbocycles. The van der Waals surface area contributed by atoms with E-state index in [1.165, 1.54) is 25.7 Å². The minimum Gasteiger partial charge on any atom is -0.370 e. The Morgan fingerprint density at radius 1 is 1.42 bits per heavy atom. The predicted octanol–water partition coefficient (Wildman–Crippen LogP) is 0.852. The first-order valence-electron chi connectivity index (χ1n) is 4.84. The van der Waals surface area contributed by atoms with Crippen LogP contribution in [-0.4, -0.2) is 18.0 Å². The van der Waals surface area contributed by atoms with Gasteiger partial charge in [-0.3, -0.25) is 4.99 Å². The van der Waals surface area contributed by atoms with Crippen LogP contribution in [0.25, 0.3) is 0 Å². The van der Waals surface area contributed by atoms with Crippen molar-refractivity contribution in [1.82, 2.24) is 5.32 Å². The molecule has 3 nitrogen and oxygen atoms in total. The van der Waals surface area contributed by atoms with Crippen molar-refractivity contribution in [2.24, 2.45) is 16.6 Å². The van der Waals surface area contributed by atoms with Gasteiger partial charge in [0.1, 0.15) is 0 Å². The molecule has 0 aromatic carbocycles. The van der Waals surface area contributed by atoms with Crippen LogP contribution in [0.2, 0.25) is 0 Å². The number of hydrogen-bond donors (Lipinski definition) is 2. The monoisotopic (exact) mass is 167 g/mol. The molecule has 2 fully saturated rings. The third-order valence-electron chi connectivity index (χ3n) is 2.59. The smallest absolute Gasteiger partial charge is 0.189 e. The van der Waals surface area contributed by atoms with E-state index in [0.717, 1.165) is 5.92 Å². The minimum atomic E-state index is 0.537. The van der Waals surface area contributed by atoms with Crippen LogP contribution in [0, 0.1) is 5.92 Å². The molecule has 0 radical (unpaired) electrons. The van der Waals surface area contributed by atoms with Gasteiger partial charge in [-0.15, -0.1) is 0 Å². The predicted molar refractivity (Wildman–Crippen MR) is 50.0 cm³/mol. The Kier molecular flexibility index (Phi) is 1.95. The van der Waals surface area contributed by atoms with Gasteiger partial charge < -0.3 is 11.1 Å². The molecule has 0 aromatic heterocycles. The fraction of sp³-hybridized carbons (Fsp3) is 0.889. The van der Waals surface area contributed by atoms with Crippen LogP contribution in [0.15, 0.2) is 4.99 Å². The Hall–Kier alpha value is -0.730. The summed E-state index contributed by atoms with van der Waals surface area (Å²) in [6.07, 6.45) is 4.95. The van der Waals surface area contributed by atoms with Gasteiger partial charge >= 0.3 is 0 Å².